The number of halogens is 4. The zero-order valence-electron chi connectivity index (χ0n) is 16.0. The van der Waals surface area contributed by atoms with Crippen LogP contribution in [0.1, 0.15) is 12.8 Å². The predicted octanol–water partition coefficient (Wildman–Crippen LogP) is 4.10. The molecule has 9 heteroatoms. The molecule has 1 aromatic rings. The van der Waals surface area contributed by atoms with E-state index in [1.54, 1.807) is 18.3 Å². The van der Waals surface area contributed by atoms with Gasteiger partial charge >= 0.3 is 12.3 Å². The number of piperidine rings is 1. The van der Waals surface area contributed by atoms with E-state index in [0.717, 1.165) is 11.3 Å². The maximum atomic E-state index is 13.0. The van der Waals surface area contributed by atoms with Gasteiger partial charge in [-0.3, -0.25) is 0 Å². The van der Waals surface area contributed by atoms with Crippen LogP contribution in [-0.2, 0) is 4.74 Å². The molecule has 160 valence electrons. The van der Waals surface area contributed by atoms with E-state index in [4.69, 9.17) is 5.11 Å². The van der Waals surface area contributed by atoms with E-state index >= 15 is 0 Å². The summed E-state index contributed by atoms with van der Waals surface area (Å²) in [6, 6.07) is 6.02. The molecule has 1 aromatic carbocycles. The van der Waals surface area contributed by atoms with Crippen LogP contribution in [0.5, 0.6) is 0 Å². The van der Waals surface area contributed by atoms with E-state index < -0.39 is 25.0 Å². The molecule has 2 rings (SSSR count). The molecule has 1 saturated heterocycles. The number of hydrogen-bond donors (Lipinski definition) is 1. The van der Waals surface area contributed by atoms with E-state index in [1.165, 1.54) is 17.0 Å². The highest BCUT2D eigenvalue weighted by atomic mass is 19.4. The molecule has 1 amide bonds. The molecule has 0 saturated carbocycles. The van der Waals surface area contributed by atoms with Gasteiger partial charge in [-0.05, 0) is 49.1 Å². The number of carbonyl (C=O) groups is 1. The summed E-state index contributed by atoms with van der Waals surface area (Å²) in [7, 11) is 1.81. The van der Waals surface area contributed by atoms with Crippen LogP contribution < -0.4 is 4.90 Å². The fourth-order valence-corrected chi connectivity index (χ4v) is 2.94. The molecule has 29 heavy (non-hydrogen) atoms. The standard InChI is InChI=1S/C20H24F4N2O3/c1-14(7-10-25(2)17-5-3-16(21)4-6-17)15-8-11-26(12-9-15)19(28)29-18(13-27)20(22,23)24/h3-7,10,15,18,27H,1,8-9,11-13H2,2H3/b10-7-/t18-/m1/s1. The Bertz CT molecular complexity index is 726. The molecule has 1 N–H and O–H groups in total. The molecule has 0 unspecified atom stereocenters. The van der Waals surface area contributed by atoms with Gasteiger partial charge in [0.2, 0.25) is 6.10 Å². The van der Waals surface area contributed by atoms with Gasteiger partial charge < -0.3 is 19.6 Å². The Balaban J connectivity index is 1.84. The van der Waals surface area contributed by atoms with Gasteiger partial charge in [0.25, 0.3) is 0 Å². The van der Waals surface area contributed by atoms with Gasteiger partial charge in [0, 0.05) is 32.0 Å². The lowest BCUT2D eigenvalue weighted by molar-refractivity contribution is -0.214. The van der Waals surface area contributed by atoms with Gasteiger partial charge in [-0.25, -0.2) is 9.18 Å². The van der Waals surface area contributed by atoms with Crippen LogP contribution in [-0.4, -0.2) is 55.1 Å². The van der Waals surface area contributed by atoms with Crippen molar-refractivity contribution >= 4 is 11.8 Å². The zero-order chi connectivity index (χ0) is 21.6. The number of aliphatic hydroxyl groups is 1. The fraction of sp³-hybridized carbons (Fsp3) is 0.450. The minimum Gasteiger partial charge on any atom is -0.434 e. The van der Waals surface area contributed by atoms with Crippen LogP contribution in [0.4, 0.5) is 28.0 Å². The Hall–Kier alpha value is -2.55. The topological polar surface area (TPSA) is 53.0 Å². The van der Waals surface area contributed by atoms with Crippen molar-refractivity contribution in [3.8, 4) is 0 Å². The molecule has 1 fully saturated rings. The summed E-state index contributed by atoms with van der Waals surface area (Å²) in [6.45, 7) is 3.19. The van der Waals surface area contributed by atoms with Crippen molar-refractivity contribution in [2.45, 2.75) is 25.1 Å². The quantitative estimate of drug-likeness (QED) is 0.560. The second-order valence-corrected chi connectivity index (χ2v) is 6.84. The van der Waals surface area contributed by atoms with E-state index in [1.807, 2.05) is 18.0 Å². The highest BCUT2D eigenvalue weighted by molar-refractivity contribution is 5.68. The maximum absolute atomic E-state index is 13.0. The van der Waals surface area contributed by atoms with E-state index in [-0.39, 0.29) is 24.8 Å². The molecule has 1 aliphatic heterocycles. The number of rotatable bonds is 6. The number of amides is 1. The second kappa shape index (κ2) is 9.78. The third-order valence-corrected chi connectivity index (χ3v) is 4.80. The van der Waals surface area contributed by atoms with Crippen molar-refractivity contribution in [1.29, 1.82) is 0 Å². The van der Waals surface area contributed by atoms with Gasteiger partial charge in [0.15, 0.2) is 0 Å². The number of ether oxygens (including phenoxy) is 1. The van der Waals surface area contributed by atoms with Crippen LogP contribution in [0.2, 0.25) is 0 Å². The first kappa shape index (κ1) is 22.7. The SMILES string of the molecule is C=C(/C=C\N(C)c1ccc(F)cc1)C1CCN(C(=O)O[C@H](CO)C(F)(F)F)CC1. The summed E-state index contributed by atoms with van der Waals surface area (Å²) < 4.78 is 55.2. The largest absolute Gasteiger partial charge is 0.434 e. The highest BCUT2D eigenvalue weighted by Gasteiger charge is 2.43. The summed E-state index contributed by atoms with van der Waals surface area (Å²) >= 11 is 0. The molecule has 1 aliphatic rings. The van der Waals surface area contributed by atoms with E-state index in [9.17, 15) is 22.4 Å². The van der Waals surface area contributed by atoms with Crippen molar-refractivity contribution in [2.24, 2.45) is 5.92 Å². The van der Waals surface area contributed by atoms with Crippen molar-refractivity contribution in [3.63, 3.8) is 0 Å². The molecule has 0 bridgehead atoms. The molecule has 5 nitrogen and oxygen atoms in total. The predicted molar refractivity (Wildman–Crippen MR) is 101 cm³/mol. The smallest absolute Gasteiger partial charge is 0.427 e. The van der Waals surface area contributed by atoms with Crippen molar-refractivity contribution in [2.75, 3.05) is 31.6 Å². The first-order chi connectivity index (χ1) is 13.6. The Morgan fingerprint density at radius 2 is 1.93 bits per heavy atom. The average Bonchev–Trinajstić information content (AvgIpc) is 2.69. The van der Waals surface area contributed by atoms with Gasteiger partial charge in [0.1, 0.15) is 5.82 Å². The highest BCUT2D eigenvalue weighted by Crippen LogP contribution is 2.27. The van der Waals surface area contributed by atoms with Gasteiger partial charge in [-0.15, -0.1) is 0 Å². The van der Waals surface area contributed by atoms with E-state index in [0.29, 0.717) is 12.8 Å². The summed E-state index contributed by atoms with van der Waals surface area (Å²) in [5, 5.41) is 8.77. The molecule has 1 heterocycles. The van der Waals surface area contributed by atoms with Crippen LogP contribution in [0.3, 0.4) is 0 Å². The third kappa shape index (κ3) is 6.49. The number of allylic oxidation sites excluding steroid dienone is 2. The fourth-order valence-electron chi connectivity index (χ4n) is 2.94. The first-order valence-electron chi connectivity index (χ1n) is 9.10. The van der Waals surface area contributed by atoms with Gasteiger partial charge in [-0.2, -0.15) is 13.2 Å². The number of benzene rings is 1. The van der Waals surface area contributed by atoms with Crippen LogP contribution in [0, 0.1) is 11.7 Å². The average molecular weight is 416 g/mol. The molecule has 0 radical (unpaired) electrons. The lowest BCUT2D eigenvalue weighted by atomic mass is 9.90. The first-order valence-corrected chi connectivity index (χ1v) is 9.10. The molecule has 0 aliphatic carbocycles. The van der Waals surface area contributed by atoms with Gasteiger partial charge in [0.05, 0.1) is 6.61 Å². The number of likely N-dealkylation sites (tertiary alicyclic amines) is 1. The number of anilines is 1. The van der Waals surface area contributed by atoms with Crippen LogP contribution in [0.15, 0.2) is 48.7 Å². The summed E-state index contributed by atoms with van der Waals surface area (Å²) in [5.41, 5.74) is 1.63. The minimum atomic E-state index is -4.81. The Morgan fingerprint density at radius 1 is 1.34 bits per heavy atom. The lowest BCUT2D eigenvalue weighted by Crippen LogP contribution is -2.44. The number of hydrogen-bond acceptors (Lipinski definition) is 4. The number of nitrogens with zero attached hydrogens (tertiary/aromatic N) is 2. The number of aliphatic hydroxyl groups excluding tert-OH is 1. The Morgan fingerprint density at radius 3 is 2.45 bits per heavy atom. The minimum absolute atomic E-state index is 0.0770. The molecule has 1 atom stereocenters. The van der Waals surface area contributed by atoms with Crippen molar-refractivity contribution in [3.05, 3.63) is 54.5 Å². The van der Waals surface area contributed by atoms with E-state index in [2.05, 4.69) is 11.3 Å². The Labute approximate surface area is 166 Å². The molecule has 0 spiro atoms. The second-order valence-electron chi connectivity index (χ2n) is 6.84. The van der Waals surface area contributed by atoms with Crippen LogP contribution >= 0.6 is 0 Å². The number of alkyl halides is 3. The molecule has 0 aromatic heterocycles. The normalized spacial score (nSPS) is 16.7. The summed E-state index contributed by atoms with van der Waals surface area (Å²) in [5.74, 6) is -0.241. The maximum Gasteiger partial charge on any atom is 0.427 e. The van der Waals surface area contributed by atoms with Crippen LogP contribution in [0.25, 0.3) is 0 Å². The van der Waals surface area contributed by atoms with Crippen molar-refractivity contribution < 1.29 is 32.2 Å². The zero-order valence-corrected chi connectivity index (χ0v) is 16.0. The van der Waals surface area contributed by atoms with Gasteiger partial charge in [-0.1, -0.05) is 12.2 Å². The monoisotopic (exact) mass is 416 g/mol. The Kier molecular flexibility index (Phi) is 7.66. The molecular formula is C20H24F4N2O3. The number of carbonyl (C=O) groups excluding carboxylic acids is 1. The third-order valence-electron chi connectivity index (χ3n) is 4.80. The van der Waals surface area contributed by atoms with Crippen molar-refractivity contribution in [1.82, 2.24) is 4.90 Å². The summed E-state index contributed by atoms with van der Waals surface area (Å²) in [4.78, 5) is 14.9. The lowest BCUT2D eigenvalue weighted by Gasteiger charge is -2.33. The molecular weight excluding hydrogens is 392 g/mol. The summed E-state index contributed by atoms with van der Waals surface area (Å²) in [6.07, 6.45) is -3.72.